The molecule has 33 heavy (non-hydrogen) atoms. The van der Waals surface area contributed by atoms with Crippen LogP contribution >= 0.6 is 0 Å². The summed E-state index contributed by atoms with van der Waals surface area (Å²) in [6, 6.07) is 7.77. The Kier molecular flexibility index (Phi) is 6.10. The Bertz CT molecular complexity index is 1210. The lowest BCUT2D eigenvalue weighted by molar-refractivity contribution is 0.0915. The Morgan fingerprint density at radius 1 is 1.15 bits per heavy atom. The van der Waals surface area contributed by atoms with Gasteiger partial charge in [-0.05, 0) is 42.7 Å². The number of amides is 2. The average Bonchev–Trinajstić information content (AvgIpc) is 2.74. The van der Waals surface area contributed by atoms with Gasteiger partial charge in [-0.15, -0.1) is 0 Å². The Hall–Kier alpha value is -3.05. The van der Waals surface area contributed by atoms with Crippen molar-refractivity contribution in [2.24, 2.45) is 5.14 Å². The lowest BCUT2D eigenvalue weighted by atomic mass is 9.78. The third-order valence-corrected chi connectivity index (χ3v) is 6.81. The molecule has 0 aliphatic carbocycles. The van der Waals surface area contributed by atoms with Gasteiger partial charge < -0.3 is 15.5 Å². The number of urea groups is 1. The number of Topliss-reactive ketones (excluding diaryl/α,β-unsaturated/α-hetero) is 1. The number of carbonyl (C=O) groups is 2. The number of fused-ring (bicyclic) bond motifs is 1. The molecule has 4 rings (SSSR count). The molecule has 2 aromatic carbocycles. The minimum Gasteiger partial charge on any atom is -0.378 e. The topological polar surface area (TPSA) is 122 Å². The molecule has 2 heterocycles. The molecular formula is C22H24F2N4O4S. The van der Waals surface area contributed by atoms with E-state index in [-0.39, 0.29) is 30.3 Å². The van der Waals surface area contributed by atoms with Crippen molar-refractivity contribution >= 4 is 27.5 Å². The molecule has 0 radical (unpaired) electrons. The van der Waals surface area contributed by atoms with Gasteiger partial charge >= 0.3 is 6.03 Å². The van der Waals surface area contributed by atoms with Crippen molar-refractivity contribution in [3.63, 3.8) is 0 Å². The number of anilines is 1. The van der Waals surface area contributed by atoms with Gasteiger partial charge in [0.25, 0.3) is 0 Å². The van der Waals surface area contributed by atoms with Gasteiger partial charge in [0.05, 0.1) is 5.75 Å². The Morgan fingerprint density at radius 3 is 2.58 bits per heavy atom. The fourth-order valence-corrected chi connectivity index (χ4v) is 5.04. The fourth-order valence-electron chi connectivity index (χ4n) is 4.38. The van der Waals surface area contributed by atoms with Crippen LogP contribution in [0.3, 0.4) is 0 Å². The highest BCUT2D eigenvalue weighted by atomic mass is 32.2. The Morgan fingerprint density at radius 2 is 1.88 bits per heavy atom. The number of nitrogens with two attached hydrogens (primary N) is 1. The van der Waals surface area contributed by atoms with Gasteiger partial charge in [0.1, 0.15) is 11.6 Å². The smallest absolute Gasteiger partial charge is 0.317 e. The van der Waals surface area contributed by atoms with Gasteiger partial charge in [0.2, 0.25) is 10.0 Å². The molecule has 0 saturated carbocycles. The number of nitrogens with one attached hydrogen (secondary N) is 2. The molecule has 0 bridgehead atoms. The quantitative estimate of drug-likeness (QED) is 0.623. The van der Waals surface area contributed by atoms with E-state index in [1.54, 1.807) is 11.0 Å². The van der Waals surface area contributed by atoms with Gasteiger partial charge in [-0.2, -0.15) is 0 Å². The molecule has 2 aromatic rings. The lowest BCUT2D eigenvalue weighted by Crippen LogP contribution is -2.55. The van der Waals surface area contributed by atoms with Crippen LogP contribution in [0.4, 0.5) is 19.3 Å². The van der Waals surface area contributed by atoms with Crippen molar-refractivity contribution in [2.75, 3.05) is 18.4 Å². The number of benzene rings is 2. The zero-order valence-electron chi connectivity index (χ0n) is 17.7. The van der Waals surface area contributed by atoms with Crippen molar-refractivity contribution < 1.29 is 26.8 Å². The lowest BCUT2D eigenvalue weighted by Gasteiger charge is -2.45. The summed E-state index contributed by atoms with van der Waals surface area (Å²) in [6.45, 7) is 0.930. The molecule has 8 nitrogen and oxygen atoms in total. The molecule has 11 heteroatoms. The number of halogens is 2. The van der Waals surface area contributed by atoms with E-state index in [1.165, 1.54) is 24.3 Å². The predicted octanol–water partition coefficient (Wildman–Crippen LogP) is 2.50. The molecule has 1 fully saturated rings. The van der Waals surface area contributed by atoms with Crippen LogP contribution in [0.25, 0.3) is 0 Å². The molecule has 2 aliphatic rings. The van der Waals surface area contributed by atoms with Gasteiger partial charge in [0.15, 0.2) is 5.78 Å². The molecule has 0 unspecified atom stereocenters. The average molecular weight is 479 g/mol. The van der Waals surface area contributed by atoms with Crippen LogP contribution in [0.1, 0.15) is 40.7 Å². The van der Waals surface area contributed by atoms with Crippen molar-refractivity contribution in [3.05, 3.63) is 64.7 Å². The normalized spacial score (nSPS) is 17.4. The van der Waals surface area contributed by atoms with Crippen LogP contribution in [0, 0.1) is 11.6 Å². The number of sulfonamides is 1. The van der Waals surface area contributed by atoms with E-state index < -0.39 is 32.9 Å². The van der Waals surface area contributed by atoms with E-state index in [0.29, 0.717) is 42.7 Å². The maximum absolute atomic E-state index is 13.8. The number of hydrogen-bond donors (Lipinski definition) is 3. The van der Waals surface area contributed by atoms with Crippen molar-refractivity contribution in [1.82, 2.24) is 10.2 Å². The Balaban J connectivity index is 1.34. The number of carbonyl (C=O) groups excluding carboxylic acids is 2. The van der Waals surface area contributed by atoms with Crippen molar-refractivity contribution in [3.8, 4) is 0 Å². The van der Waals surface area contributed by atoms with Crippen molar-refractivity contribution in [1.29, 1.82) is 0 Å². The van der Waals surface area contributed by atoms with E-state index in [1.807, 2.05) is 0 Å². The minimum absolute atomic E-state index is 0.0580. The Labute approximate surface area is 190 Å². The fraction of sp³-hybridized carbons (Fsp3) is 0.364. The number of piperidine rings is 1. The molecule has 0 atom stereocenters. The maximum Gasteiger partial charge on any atom is 0.317 e. The maximum atomic E-state index is 13.8. The summed E-state index contributed by atoms with van der Waals surface area (Å²) in [4.78, 5) is 26.8. The molecular weight excluding hydrogens is 454 g/mol. The van der Waals surface area contributed by atoms with Gasteiger partial charge in [-0.1, -0.05) is 12.1 Å². The van der Waals surface area contributed by atoms with Crippen LogP contribution in [0.15, 0.2) is 36.4 Å². The second kappa shape index (κ2) is 8.71. The van der Waals surface area contributed by atoms with E-state index in [0.717, 1.165) is 6.07 Å². The number of rotatable bonds is 4. The largest absolute Gasteiger partial charge is 0.378 e. The summed E-state index contributed by atoms with van der Waals surface area (Å²) in [5, 5.41) is 11.1. The number of ketones is 1. The standard InChI is InChI=1S/C22H24F2N4O4S/c23-16-2-4-19-17(10-16)20(29)11-22(27-19)5-7-28(8-6-22)21(30)26-12-14-1-3-18(24)15(9-14)13-33(25,31)32/h1-4,9-10,27H,5-8,11-13H2,(H,26,30)(H2,25,31,32). The summed E-state index contributed by atoms with van der Waals surface area (Å²) < 4.78 is 49.8. The summed E-state index contributed by atoms with van der Waals surface area (Å²) in [6.07, 6.45) is 1.34. The second-order valence-electron chi connectivity index (χ2n) is 8.57. The monoisotopic (exact) mass is 478 g/mol. The third-order valence-electron chi connectivity index (χ3n) is 6.10. The number of hydrogen-bond acceptors (Lipinski definition) is 5. The van der Waals surface area contributed by atoms with Gasteiger partial charge in [-0.3, -0.25) is 4.79 Å². The van der Waals surface area contributed by atoms with E-state index in [2.05, 4.69) is 10.6 Å². The third kappa shape index (κ3) is 5.31. The highest BCUT2D eigenvalue weighted by Gasteiger charge is 2.41. The first-order chi connectivity index (χ1) is 15.5. The summed E-state index contributed by atoms with van der Waals surface area (Å²) >= 11 is 0. The molecule has 1 saturated heterocycles. The molecule has 1 spiro atoms. The molecule has 0 aromatic heterocycles. The van der Waals surface area contributed by atoms with Crippen LogP contribution in [0.2, 0.25) is 0 Å². The minimum atomic E-state index is -3.89. The van der Waals surface area contributed by atoms with Gasteiger partial charge in [-0.25, -0.2) is 27.1 Å². The zero-order chi connectivity index (χ0) is 23.8. The number of likely N-dealkylation sites (tertiary alicyclic amines) is 1. The zero-order valence-corrected chi connectivity index (χ0v) is 18.6. The number of primary sulfonamides is 1. The summed E-state index contributed by atoms with van der Waals surface area (Å²) in [5.41, 5.74) is 0.967. The first kappa shape index (κ1) is 23.1. The molecule has 2 aliphatic heterocycles. The predicted molar refractivity (Wildman–Crippen MR) is 118 cm³/mol. The van der Waals surface area contributed by atoms with E-state index in [9.17, 15) is 26.8 Å². The number of nitrogens with zero attached hydrogens (tertiary/aromatic N) is 1. The summed E-state index contributed by atoms with van der Waals surface area (Å²) in [7, 11) is -3.89. The highest BCUT2D eigenvalue weighted by molar-refractivity contribution is 7.88. The van der Waals surface area contributed by atoms with Crippen LogP contribution in [0.5, 0.6) is 0 Å². The van der Waals surface area contributed by atoms with Crippen LogP contribution in [-0.2, 0) is 22.3 Å². The van der Waals surface area contributed by atoms with E-state index in [4.69, 9.17) is 5.14 Å². The SMILES string of the molecule is NS(=O)(=O)Cc1cc(CNC(=O)N2CCC3(CC2)CC(=O)c2cc(F)ccc2N3)ccc1F. The first-order valence-electron chi connectivity index (χ1n) is 10.5. The van der Waals surface area contributed by atoms with Crippen LogP contribution < -0.4 is 15.8 Å². The summed E-state index contributed by atoms with van der Waals surface area (Å²) in [5.74, 6) is -1.88. The first-order valence-corrected chi connectivity index (χ1v) is 12.2. The molecule has 176 valence electrons. The second-order valence-corrected chi connectivity index (χ2v) is 10.2. The molecule has 2 amide bonds. The molecule has 4 N–H and O–H groups in total. The van der Waals surface area contributed by atoms with E-state index >= 15 is 0 Å². The highest BCUT2D eigenvalue weighted by Crippen LogP contribution is 2.37. The van der Waals surface area contributed by atoms with Gasteiger partial charge in [0, 0.05) is 48.4 Å². The van der Waals surface area contributed by atoms with Crippen LogP contribution in [-0.4, -0.2) is 43.8 Å². The van der Waals surface area contributed by atoms with Crippen molar-refractivity contribution in [2.45, 2.75) is 37.1 Å².